The van der Waals surface area contributed by atoms with E-state index in [1.54, 1.807) is 0 Å². The van der Waals surface area contributed by atoms with Crippen molar-refractivity contribution in [3.05, 3.63) is 34.5 Å². The monoisotopic (exact) mass is 387 g/mol. The molecule has 3 rings (SSSR count). The van der Waals surface area contributed by atoms with Crippen LogP contribution in [0.3, 0.4) is 0 Å². The molecule has 150 valence electrons. The zero-order valence-electron chi connectivity index (χ0n) is 16.5. The van der Waals surface area contributed by atoms with Gasteiger partial charge in [-0.25, -0.2) is 4.68 Å². The summed E-state index contributed by atoms with van der Waals surface area (Å²) in [6.07, 6.45) is 0.236. The lowest BCUT2D eigenvalue weighted by molar-refractivity contribution is -0.137. The second kappa shape index (κ2) is 7.92. The molecule has 0 saturated carbocycles. The number of hydrogen-bond acceptors (Lipinski definition) is 5. The van der Waals surface area contributed by atoms with E-state index in [2.05, 4.69) is 10.4 Å². The fraction of sp³-hybridized carbons (Fsp3) is 0.450. The Morgan fingerprint density at radius 2 is 2.00 bits per heavy atom. The number of carbonyl (C=O) groups excluding carboxylic acids is 1. The highest BCUT2D eigenvalue weighted by atomic mass is 16.5. The van der Waals surface area contributed by atoms with Crippen LogP contribution < -0.4 is 14.8 Å². The number of ether oxygens (including phenoxy) is 2. The molecule has 1 aromatic heterocycles. The lowest BCUT2D eigenvalue weighted by atomic mass is 9.84. The van der Waals surface area contributed by atoms with E-state index in [-0.39, 0.29) is 24.8 Å². The number of carboxylic acid groups (broad SMARTS) is 1. The highest BCUT2D eigenvalue weighted by Gasteiger charge is 2.34. The summed E-state index contributed by atoms with van der Waals surface area (Å²) >= 11 is 0. The van der Waals surface area contributed by atoms with Crippen LogP contribution >= 0.6 is 0 Å². The number of aliphatic carboxylic acids is 1. The number of nitrogens with zero attached hydrogens (tertiary/aromatic N) is 2. The van der Waals surface area contributed by atoms with Gasteiger partial charge in [-0.3, -0.25) is 9.59 Å². The molecule has 0 bridgehead atoms. The Bertz CT molecular complexity index is 919. The quantitative estimate of drug-likeness (QED) is 0.757. The van der Waals surface area contributed by atoms with Gasteiger partial charge in [0.1, 0.15) is 23.9 Å². The van der Waals surface area contributed by atoms with Crippen LogP contribution in [-0.4, -0.2) is 40.0 Å². The number of hydrogen-bond donors (Lipinski definition) is 2. The third-order valence-electron chi connectivity index (χ3n) is 4.81. The highest BCUT2D eigenvalue weighted by molar-refractivity contribution is 5.95. The smallest absolute Gasteiger partial charge is 0.325 e. The number of rotatable bonds is 7. The molecule has 28 heavy (non-hydrogen) atoms. The predicted molar refractivity (Wildman–Crippen MR) is 103 cm³/mol. The minimum absolute atomic E-state index is 0.182. The van der Waals surface area contributed by atoms with Gasteiger partial charge in [-0.2, -0.15) is 5.10 Å². The first-order valence-electron chi connectivity index (χ1n) is 9.35. The molecular weight excluding hydrogens is 362 g/mol. The number of carbonyl (C=O) groups is 2. The molecule has 1 aliphatic rings. The Hall–Kier alpha value is -3.03. The van der Waals surface area contributed by atoms with E-state index in [4.69, 9.17) is 14.6 Å². The first-order chi connectivity index (χ1) is 13.4. The zero-order chi connectivity index (χ0) is 20.4. The van der Waals surface area contributed by atoms with Crippen LogP contribution in [0.1, 0.15) is 48.6 Å². The summed E-state index contributed by atoms with van der Waals surface area (Å²) in [6, 6.07) is 3.81. The lowest BCUT2D eigenvalue weighted by Gasteiger charge is -2.27. The van der Waals surface area contributed by atoms with E-state index in [1.165, 1.54) is 4.68 Å². The predicted octanol–water partition coefficient (Wildman–Crippen LogP) is 2.86. The number of benzene rings is 1. The van der Waals surface area contributed by atoms with Gasteiger partial charge in [0, 0.05) is 29.0 Å². The van der Waals surface area contributed by atoms with Gasteiger partial charge in [-0.05, 0) is 33.8 Å². The van der Waals surface area contributed by atoms with Crippen LogP contribution in [-0.2, 0) is 16.1 Å². The van der Waals surface area contributed by atoms with Gasteiger partial charge in [0.2, 0.25) is 5.91 Å². The molecule has 1 unspecified atom stereocenters. The number of anilines is 1. The molecule has 1 atom stereocenters. The molecule has 0 radical (unpaired) electrons. The summed E-state index contributed by atoms with van der Waals surface area (Å²) in [5.41, 5.74) is 3.27. The Morgan fingerprint density at radius 3 is 2.64 bits per heavy atom. The molecule has 0 aliphatic carbocycles. The van der Waals surface area contributed by atoms with Crippen molar-refractivity contribution in [2.24, 2.45) is 0 Å². The number of nitrogens with one attached hydrogen (secondary N) is 1. The van der Waals surface area contributed by atoms with Crippen molar-refractivity contribution in [3.8, 4) is 11.5 Å². The van der Waals surface area contributed by atoms with Crippen LogP contribution in [0.25, 0.3) is 0 Å². The minimum Gasteiger partial charge on any atom is -0.493 e. The van der Waals surface area contributed by atoms with Gasteiger partial charge >= 0.3 is 5.97 Å². The fourth-order valence-electron chi connectivity index (χ4n) is 3.74. The van der Waals surface area contributed by atoms with E-state index < -0.39 is 5.97 Å². The normalized spacial score (nSPS) is 15.7. The maximum absolute atomic E-state index is 12.4. The van der Waals surface area contributed by atoms with Crippen molar-refractivity contribution in [2.75, 3.05) is 18.5 Å². The summed E-state index contributed by atoms with van der Waals surface area (Å²) in [5, 5.41) is 16.3. The molecule has 8 nitrogen and oxygen atoms in total. The zero-order valence-corrected chi connectivity index (χ0v) is 16.5. The average molecular weight is 387 g/mol. The van der Waals surface area contributed by atoms with Gasteiger partial charge in [0.25, 0.3) is 0 Å². The third-order valence-corrected chi connectivity index (χ3v) is 4.81. The average Bonchev–Trinajstić information content (AvgIpc) is 2.93. The van der Waals surface area contributed by atoms with Crippen molar-refractivity contribution < 1.29 is 24.2 Å². The first kappa shape index (κ1) is 19.7. The number of aryl methyl sites for hydroxylation is 1. The highest BCUT2D eigenvalue weighted by Crippen LogP contribution is 2.45. The Morgan fingerprint density at radius 1 is 1.29 bits per heavy atom. The second-order valence-electron chi connectivity index (χ2n) is 6.68. The molecule has 1 aromatic carbocycles. The van der Waals surface area contributed by atoms with Gasteiger partial charge in [0.05, 0.1) is 18.9 Å². The van der Waals surface area contributed by atoms with Gasteiger partial charge in [-0.15, -0.1) is 0 Å². The standard InChI is InChI=1S/C20H25N3O5/c1-5-27-15-8-7-13(19(11(15)3)28-6-2)14-9-16(24)21-20-18(14)12(4)22-23(20)10-17(25)26/h7-8,14H,5-6,9-10H2,1-4H3,(H,21,24)(H,25,26). The molecule has 0 fully saturated rings. The number of amides is 1. The van der Waals surface area contributed by atoms with Gasteiger partial charge < -0.3 is 19.9 Å². The number of aromatic nitrogens is 2. The molecule has 0 spiro atoms. The largest absolute Gasteiger partial charge is 0.493 e. The maximum Gasteiger partial charge on any atom is 0.325 e. The Balaban J connectivity index is 2.15. The molecule has 2 aromatic rings. The van der Waals surface area contributed by atoms with Gasteiger partial charge in [-0.1, -0.05) is 6.07 Å². The lowest BCUT2D eigenvalue weighted by Crippen LogP contribution is -2.26. The number of fused-ring (bicyclic) bond motifs is 1. The summed E-state index contributed by atoms with van der Waals surface area (Å²) < 4.78 is 13.0. The van der Waals surface area contributed by atoms with Crippen LogP contribution in [0.4, 0.5) is 5.82 Å². The van der Waals surface area contributed by atoms with E-state index in [0.717, 1.165) is 22.4 Å². The minimum atomic E-state index is -1.02. The van der Waals surface area contributed by atoms with E-state index >= 15 is 0 Å². The van der Waals surface area contributed by atoms with Gasteiger partial charge in [0.15, 0.2) is 0 Å². The molecule has 2 N–H and O–H groups in total. The molecular formula is C20H25N3O5. The SMILES string of the molecule is CCOc1ccc(C2CC(=O)Nc3c2c(C)nn3CC(=O)O)c(OCC)c1C. The third kappa shape index (κ3) is 3.54. The molecule has 1 aliphatic heterocycles. The summed E-state index contributed by atoms with van der Waals surface area (Å²) in [6.45, 7) is 8.30. The molecule has 2 heterocycles. The summed E-state index contributed by atoms with van der Waals surface area (Å²) in [5.74, 6) is 0.405. The molecule has 0 saturated heterocycles. The maximum atomic E-state index is 12.4. The van der Waals surface area contributed by atoms with E-state index in [1.807, 2.05) is 39.8 Å². The topological polar surface area (TPSA) is 103 Å². The van der Waals surface area contributed by atoms with Crippen molar-refractivity contribution in [1.82, 2.24) is 9.78 Å². The van der Waals surface area contributed by atoms with Crippen LogP contribution in [0.5, 0.6) is 11.5 Å². The molecule has 8 heteroatoms. The van der Waals surface area contributed by atoms with Crippen LogP contribution in [0.15, 0.2) is 12.1 Å². The Kier molecular flexibility index (Phi) is 5.58. The van der Waals surface area contributed by atoms with Crippen molar-refractivity contribution in [3.63, 3.8) is 0 Å². The first-order valence-corrected chi connectivity index (χ1v) is 9.35. The number of carboxylic acids is 1. The summed E-state index contributed by atoms with van der Waals surface area (Å²) in [4.78, 5) is 23.6. The van der Waals surface area contributed by atoms with Crippen LogP contribution in [0, 0.1) is 13.8 Å². The molecule has 1 amide bonds. The van der Waals surface area contributed by atoms with Crippen molar-refractivity contribution >= 4 is 17.7 Å². The Labute approximate surface area is 163 Å². The fourth-order valence-corrected chi connectivity index (χ4v) is 3.74. The van der Waals surface area contributed by atoms with Crippen molar-refractivity contribution in [1.29, 1.82) is 0 Å². The van der Waals surface area contributed by atoms with E-state index in [9.17, 15) is 9.59 Å². The van der Waals surface area contributed by atoms with Crippen molar-refractivity contribution in [2.45, 2.75) is 46.6 Å². The summed E-state index contributed by atoms with van der Waals surface area (Å²) in [7, 11) is 0. The van der Waals surface area contributed by atoms with Crippen LogP contribution in [0.2, 0.25) is 0 Å². The van der Waals surface area contributed by atoms with E-state index in [0.29, 0.717) is 30.5 Å². The second-order valence-corrected chi connectivity index (χ2v) is 6.68.